The van der Waals surface area contributed by atoms with E-state index in [-0.39, 0.29) is 11.5 Å². The van der Waals surface area contributed by atoms with Crippen LogP contribution in [0, 0.1) is 12.8 Å². The number of pyridine rings is 1. The second-order valence-corrected chi connectivity index (χ2v) is 8.13. The van der Waals surface area contributed by atoms with Gasteiger partial charge in [-0.1, -0.05) is 45.2 Å². The average Bonchev–Trinajstić information content (AvgIpc) is 2.71. The maximum atomic E-state index is 13.1. The van der Waals surface area contributed by atoms with Crippen LogP contribution in [0.3, 0.4) is 0 Å². The number of nitrogens with zero attached hydrogens (tertiary/aromatic N) is 1. The van der Waals surface area contributed by atoms with E-state index in [1.165, 1.54) is 0 Å². The molecule has 0 bridgehead atoms. The fourth-order valence-electron chi connectivity index (χ4n) is 3.79. The summed E-state index contributed by atoms with van der Waals surface area (Å²) in [5.74, 6) is 0.327. The van der Waals surface area contributed by atoms with Gasteiger partial charge in [0, 0.05) is 23.7 Å². The Balaban J connectivity index is 2.47. The lowest BCUT2D eigenvalue weighted by atomic mass is 9.92. The number of aryl methyl sites for hydroxylation is 1. The monoisotopic (exact) mass is 400 g/mol. The largest absolute Gasteiger partial charge is 0.357 e. The zero-order valence-electron chi connectivity index (χ0n) is 17.6. The normalized spacial score (nSPS) is 13.2. The Morgan fingerprint density at radius 2 is 1.93 bits per heavy atom. The molecule has 0 radical (unpaired) electrons. The summed E-state index contributed by atoms with van der Waals surface area (Å²) in [7, 11) is 1.64. The Morgan fingerprint density at radius 3 is 2.50 bits per heavy atom. The van der Waals surface area contributed by atoms with Crippen LogP contribution >= 0.6 is 11.8 Å². The molecule has 2 rings (SSSR count). The third-order valence-corrected chi connectivity index (χ3v) is 6.08. The van der Waals surface area contributed by atoms with E-state index in [1.807, 2.05) is 31.4 Å². The van der Waals surface area contributed by atoms with Gasteiger partial charge in [0.15, 0.2) is 0 Å². The summed E-state index contributed by atoms with van der Waals surface area (Å²) < 4.78 is 1.67. The fourth-order valence-corrected chi connectivity index (χ4v) is 4.25. The Bertz CT molecular complexity index is 860. The van der Waals surface area contributed by atoms with Crippen LogP contribution in [-0.4, -0.2) is 23.8 Å². The molecule has 1 N–H and O–H groups in total. The van der Waals surface area contributed by atoms with Gasteiger partial charge in [-0.05, 0) is 54.8 Å². The van der Waals surface area contributed by atoms with Crippen LogP contribution in [0.1, 0.15) is 51.3 Å². The molecule has 2 atom stereocenters. The predicted octanol–water partition coefficient (Wildman–Crippen LogP) is 5.05. The first-order valence-corrected chi connectivity index (χ1v) is 11.3. The molecular weight excluding hydrogens is 368 g/mol. The molecule has 4 nitrogen and oxygen atoms in total. The third-order valence-electron chi connectivity index (χ3n) is 5.36. The van der Waals surface area contributed by atoms with Gasteiger partial charge in [0.25, 0.3) is 5.56 Å². The standard InChI is InChI=1S/C23H32N2O2S/c1-6-9-17(7-2)13-21(23(27)24-4)25-16(3)12-19(15-22(25)26)18-10-8-11-20(14-18)28-5/h8,10-12,14-15,17,21H,6-7,9,13H2,1-5H3,(H,24,27). The predicted molar refractivity (Wildman–Crippen MR) is 119 cm³/mol. The number of likely N-dealkylation sites (N-methyl/N-ethyl adjacent to an activating group) is 1. The van der Waals surface area contributed by atoms with Crippen LogP contribution in [0.25, 0.3) is 11.1 Å². The Morgan fingerprint density at radius 1 is 1.18 bits per heavy atom. The minimum atomic E-state index is -0.472. The molecule has 0 aliphatic heterocycles. The Hall–Kier alpha value is -2.01. The van der Waals surface area contributed by atoms with E-state index < -0.39 is 6.04 Å². The SMILES string of the molecule is CCCC(CC)CC(C(=O)NC)n1c(C)cc(-c2cccc(SC)c2)cc1=O. The minimum absolute atomic E-state index is 0.100. The number of carbonyl (C=O) groups is 1. The van der Waals surface area contributed by atoms with E-state index in [9.17, 15) is 9.59 Å². The lowest BCUT2D eigenvalue weighted by Gasteiger charge is -2.25. The number of nitrogens with one attached hydrogen (secondary N) is 1. The van der Waals surface area contributed by atoms with Crippen molar-refractivity contribution in [2.45, 2.75) is 57.4 Å². The summed E-state index contributed by atoms with van der Waals surface area (Å²) in [6, 6.07) is 11.4. The lowest BCUT2D eigenvalue weighted by molar-refractivity contribution is -0.124. The Kier molecular flexibility index (Phi) is 8.36. The van der Waals surface area contributed by atoms with Crippen LogP contribution in [0.5, 0.6) is 0 Å². The maximum Gasteiger partial charge on any atom is 0.252 e. The number of benzene rings is 1. The fraction of sp³-hybridized carbons (Fsp3) is 0.478. The van der Waals surface area contributed by atoms with Crippen molar-refractivity contribution in [2.75, 3.05) is 13.3 Å². The molecule has 1 aromatic carbocycles. The molecule has 0 saturated heterocycles. The number of hydrogen-bond acceptors (Lipinski definition) is 3. The molecule has 0 aliphatic carbocycles. The molecule has 0 saturated carbocycles. The summed E-state index contributed by atoms with van der Waals surface area (Å²) in [5, 5.41) is 2.75. The van der Waals surface area contributed by atoms with E-state index in [2.05, 4.69) is 31.3 Å². The van der Waals surface area contributed by atoms with Gasteiger partial charge >= 0.3 is 0 Å². The van der Waals surface area contributed by atoms with Gasteiger partial charge in [0.05, 0.1) is 0 Å². The summed E-state index contributed by atoms with van der Waals surface area (Å²) >= 11 is 1.68. The van der Waals surface area contributed by atoms with Crippen molar-refractivity contribution in [3.8, 4) is 11.1 Å². The molecule has 0 fully saturated rings. The first-order chi connectivity index (χ1) is 13.4. The number of rotatable bonds is 9. The zero-order valence-corrected chi connectivity index (χ0v) is 18.4. The van der Waals surface area contributed by atoms with E-state index in [1.54, 1.807) is 29.4 Å². The molecule has 1 amide bonds. The van der Waals surface area contributed by atoms with Crippen LogP contribution in [0.4, 0.5) is 0 Å². The first-order valence-electron chi connectivity index (χ1n) is 10.0. The van der Waals surface area contributed by atoms with Gasteiger partial charge in [0.2, 0.25) is 5.91 Å². The van der Waals surface area contributed by atoms with Crippen molar-refractivity contribution in [1.29, 1.82) is 0 Å². The number of hydrogen-bond donors (Lipinski definition) is 1. The number of aromatic nitrogens is 1. The van der Waals surface area contributed by atoms with Crippen LogP contribution in [0.15, 0.2) is 46.1 Å². The van der Waals surface area contributed by atoms with Crippen LogP contribution in [0.2, 0.25) is 0 Å². The number of thioether (sulfide) groups is 1. The van der Waals surface area contributed by atoms with E-state index in [0.717, 1.165) is 41.0 Å². The van der Waals surface area contributed by atoms with Gasteiger partial charge in [0.1, 0.15) is 6.04 Å². The molecule has 2 unspecified atom stereocenters. The molecule has 1 heterocycles. The summed E-state index contributed by atoms with van der Waals surface area (Å²) in [4.78, 5) is 26.9. The molecule has 152 valence electrons. The first kappa shape index (κ1) is 22.3. The van der Waals surface area contributed by atoms with Crippen LogP contribution < -0.4 is 10.9 Å². The quantitative estimate of drug-likeness (QED) is 0.599. The van der Waals surface area contributed by atoms with E-state index >= 15 is 0 Å². The van der Waals surface area contributed by atoms with Crippen molar-refractivity contribution in [3.63, 3.8) is 0 Å². The zero-order chi connectivity index (χ0) is 20.7. The van der Waals surface area contributed by atoms with E-state index in [4.69, 9.17) is 0 Å². The second-order valence-electron chi connectivity index (χ2n) is 7.25. The molecule has 28 heavy (non-hydrogen) atoms. The second kappa shape index (κ2) is 10.5. The highest BCUT2D eigenvalue weighted by Crippen LogP contribution is 2.27. The van der Waals surface area contributed by atoms with Gasteiger partial charge in [-0.3, -0.25) is 9.59 Å². The van der Waals surface area contributed by atoms with Crippen molar-refractivity contribution in [2.24, 2.45) is 5.92 Å². The molecular formula is C23H32N2O2S. The van der Waals surface area contributed by atoms with Crippen molar-refractivity contribution >= 4 is 17.7 Å². The van der Waals surface area contributed by atoms with Crippen molar-refractivity contribution < 1.29 is 4.79 Å². The van der Waals surface area contributed by atoms with Gasteiger partial charge in [-0.25, -0.2) is 0 Å². The molecule has 0 spiro atoms. The molecule has 2 aromatic rings. The molecule has 1 aromatic heterocycles. The lowest BCUT2D eigenvalue weighted by Crippen LogP contribution is -2.37. The summed E-state index contributed by atoms with van der Waals surface area (Å²) in [6.07, 6.45) is 5.88. The van der Waals surface area contributed by atoms with Crippen LogP contribution in [-0.2, 0) is 4.79 Å². The van der Waals surface area contributed by atoms with Crippen molar-refractivity contribution in [1.82, 2.24) is 9.88 Å². The van der Waals surface area contributed by atoms with Gasteiger partial charge in [-0.2, -0.15) is 0 Å². The van der Waals surface area contributed by atoms with E-state index in [0.29, 0.717) is 12.3 Å². The highest BCUT2D eigenvalue weighted by atomic mass is 32.2. The summed E-state index contributed by atoms with van der Waals surface area (Å²) in [6.45, 7) is 6.23. The maximum absolute atomic E-state index is 13.1. The minimum Gasteiger partial charge on any atom is -0.357 e. The third kappa shape index (κ3) is 5.28. The van der Waals surface area contributed by atoms with Crippen molar-refractivity contribution in [3.05, 3.63) is 52.4 Å². The topological polar surface area (TPSA) is 51.1 Å². The Labute approximate surface area is 172 Å². The smallest absolute Gasteiger partial charge is 0.252 e. The average molecular weight is 401 g/mol. The summed E-state index contributed by atoms with van der Waals surface area (Å²) in [5.41, 5.74) is 2.61. The highest BCUT2D eigenvalue weighted by molar-refractivity contribution is 7.98. The number of amides is 1. The highest BCUT2D eigenvalue weighted by Gasteiger charge is 2.25. The van der Waals surface area contributed by atoms with Gasteiger partial charge < -0.3 is 9.88 Å². The molecule has 5 heteroatoms. The number of carbonyl (C=O) groups excluding carboxylic acids is 1. The van der Waals surface area contributed by atoms with Gasteiger partial charge in [-0.15, -0.1) is 11.8 Å². The molecule has 0 aliphatic rings.